The summed E-state index contributed by atoms with van der Waals surface area (Å²) in [5, 5.41) is 9.60. The van der Waals surface area contributed by atoms with Gasteiger partial charge in [-0.05, 0) is 53.0 Å². The lowest BCUT2D eigenvalue weighted by molar-refractivity contribution is -0.162. The van der Waals surface area contributed by atoms with Gasteiger partial charge in [0.15, 0.2) is 0 Å². The summed E-state index contributed by atoms with van der Waals surface area (Å²) in [6.07, 6.45) is 3.88. The summed E-state index contributed by atoms with van der Waals surface area (Å²) in [7, 11) is 0. The zero-order valence-electron chi connectivity index (χ0n) is 20.5. The number of carboxylic acid groups (broad SMARTS) is 1. The molecule has 34 heavy (non-hydrogen) atoms. The molecule has 0 bridgehead atoms. The number of rotatable bonds is 4. The lowest BCUT2D eigenvalue weighted by atomic mass is 9.89. The number of pyridine rings is 1. The third kappa shape index (κ3) is 4.07. The molecule has 3 atom stereocenters. The molecule has 0 amide bonds. The Morgan fingerprint density at radius 1 is 1.26 bits per heavy atom. The molecule has 2 aromatic rings. The van der Waals surface area contributed by atoms with Gasteiger partial charge in [-0.1, -0.05) is 6.92 Å². The smallest absolute Gasteiger partial charge is 0.341 e. The van der Waals surface area contributed by atoms with Crippen molar-refractivity contribution in [3.63, 3.8) is 0 Å². The summed E-state index contributed by atoms with van der Waals surface area (Å²) in [6.45, 7) is 10.6. The summed E-state index contributed by atoms with van der Waals surface area (Å²) >= 11 is 0. The van der Waals surface area contributed by atoms with Crippen LogP contribution < -0.4 is 10.3 Å². The first kappa shape index (κ1) is 24.2. The van der Waals surface area contributed by atoms with E-state index in [2.05, 4.69) is 0 Å². The number of halogens is 1. The van der Waals surface area contributed by atoms with Crippen LogP contribution in [-0.2, 0) is 16.0 Å². The standard InChI is InChI=1S/C26H33FN2O5/c1-6-15-12-28(10-9-20(15)34-25(33)26(3,4)5)22-16-8-7-14(2)29-13-18(24(31)32)23(30)17(21(16)29)11-19(22)27/h11,13-15,20H,6-10,12H2,1-5H3,(H,31,32)/t14-,15?,20?/m0/s1. The molecule has 7 nitrogen and oxygen atoms in total. The van der Waals surface area contributed by atoms with E-state index in [1.807, 2.05) is 44.1 Å². The summed E-state index contributed by atoms with van der Waals surface area (Å²) in [5.41, 5.74) is 0.279. The lowest BCUT2D eigenvalue weighted by Crippen LogP contribution is -2.46. The maximum absolute atomic E-state index is 15.6. The van der Waals surface area contributed by atoms with Crippen LogP contribution in [0.4, 0.5) is 10.1 Å². The van der Waals surface area contributed by atoms with E-state index in [-0.39, 0.29) is 35.0 Å². The molecule has 0 radical (unpaired) electrons. The minimum Gasteiger partial charge on any atom is -0.477 e. The number of ether oxygens (including phenoxy) is 1. The highest BCUT2D eigenvalue weighted by atomic mass is 19.1. The first-order valence-electron chi connectivity index (χ1n) is 12.0. The second-order valence-corrected chi connectivity index (χ2v) is 10.7. The highest BCUT2D eigenvalue weighted by molar-refractivity contribution is 5.95. The zero-order valence-corrected chi connectivity index (χ0v) is 20.5. The van der Waals surface area contributed by atoms with Gasteiger partial charge in [0, 0.05) is 48.6 Å². The Morgan fingerprint density at radius 2 is 1.97 bits per heavy atom. The number of aromatic carboxylic acids is 1. The minimum atomic E-state index is -1.31. The number of carboxylic acids is 1. The Morgan fingerprint density at radius 3 is 2.59 bits per heavy atom. The SMILES string of the molecule is CCC1CN(c2c(F)cc3c(=O)c(C(=O)O)cn4c3c2CC[C@@H]4C)CCC1OC(=O)C(C)(C)C. The third-order valence-electron chi connectivity index (χ3n) is 7.23. The van der Waals surface area contributed by atoms with Crippen LogP contribution in [0.5, 0.6) is 0 Å². The number of aryl methyl sites for hydroxylation is 1. The number of carbonyl (C=O) groups excluding carboxylic acids is 1. The van der Waals surface area contributed by atoms with Gasteiger partial charge in [-0.15, -0.1) is 0 Å². The molecule has 1 N–H and O–H groups in total. The molecule has 0 spiro atoms. The van der Waals surface area contributed by atoms with E-state index in [0.29, 0.717) is 37.1 Å². The molecule has 0 aliphatic carbocycles. The van der Waals surface area contributed by atoms with Gasteiger partial charge in [0.05, 0.1) is 16.6 Å². The molecule has 1 aromatic heterocycles. The van der Waals surface area contributed by atoms with E-state index in [4.69, 9.17) is 4.74 Å². The molecule has 4 rings (SSSR count). The molecule has 0 saturated carbocycles. The quantitative estimate of drug-likeness (QED) is 0.658. The van der Waals surface area contributed by atoms with Crippen molar-refractivity contribution in [1.29, 1.82) is 0 Å². The number of benzene rings is 1. The van der Waals surface area contributed by atoms with Crippen molar-refractivity contribution in [3.8, 4) is 0 Å². The van der Waals surface area contributed by atoms with Crippen molar-refractivity contribution in [2.45, 2.75) is 72.4 Å². The van der Waals surface area contributed by atoms with Crippen molar-refractivity contribution in [1.82, 2.24) is 4.57 Å². The van der Waals surface area contributed by atoms with Crippen LogP contribution >= 0.6 is 0 Å². The highest BCUT2D eigenvalue weighted by Gasteiger charge is 2.36. The largest absolute Gasteiger partial charge is 0.477 e. The molecule has 1 aromatic carbocycles. The number of hydrogen-bond acceptors (Lipinski definition) is 5. The van der Waals surface area contributed by atoms with Gasteiger partial charge in [-0.2, -0.15) is 0 Å². The average molecular weight is 473 g/mol. The molecule has 1 fully saturated rings. The Kier molecular flexibility index (Phi) is 6.21. The van der Waals surface area contributed by atoms with Crippen LogP contribution in [-0.4, -0.2) is 40.8 Å². The number of carbonyl (C=O) groups is 2. The van der Waals surface area contributed by atoms with Gasteiger partial charge < -0.3 is 19.3 Å². The molecule has 1 saturated heterocycles. The maximum atomic E-state index is 15.6. The predicted molar refractivity (Wildman–Crippen MR) is 128 cm³/mol. The number of nitrogens with zero attached hydrogens (tertiary/aromatic N) is 2. The first-order chi connectivity index (χ1) is 15.9. The van der Waals surface area contributed by atoms with Crippen molar-refractivity contribution in [3.05, 3.63) is 39.4 Å². The fourth-order valence-electron chi connectivity index (χ4n) is 5.20. The van der Waals surface area contributed by atoms with E-state index in [1.165, 1.54) is 12.3 Å². The fraction of sp³-hybridized carbons (Fsp3) is 0.577. The zero-order chi connectivity index (χ0) is 24.9. The predicted octanol–water partition coefficient (Wildman–Crippen LogP) is 4.54. The normalized spacial score (nSPS) is 22.6. The third-order valence-corrected chi connectivity index (χ3v) is 7.23. The maximum Gasteiger partial charge on any atom is 0.341 e. The Balaban J connectivity index is 1.76. The summed E-state index contributed by atoms with van der Waals surface area (Å²) in [6, 6.07) is 1.20. The van der Waals surface area contributed by atoms with Crippen molar-refractivity contribution in [2.75, 3.05) is 18.0 Å². The Labute approximate surface area is 198 Å². The number of esters is 1. The molecule has 3 heterocycles. The molecule has 2 aliphatic heterocycles. The minimum absolute atomic E-state index is 0.00190. The van der Waals surface area contributed by atoms with Gasteiger partial charge >= 0.3 is 11.9 Å². The van der Waals surface area contributed by atoms with E-state index in [0.717, 1.165) is 18.4 Å². The lowest BCUT2D eigenvalue weighted by Gasteiger charge is -2.41. The van der Waals surface area contributed by atoms with Crippen LogP contribution in [0.2, 0.25) is 0 Å². The molecule has 8 heteroatoms. The Bertz CT molecular complexity index is 1210. The molecule has 2 aliphatic rings. The van der Waals surface area contributed by atoms with Gasteiger partial charge in [-0.25, -0.2) is 9.18 Å². The summed E-state index contributed by atoms with van der Waals surface area (Å²) < 4.78 is 23.2. The summed E-state index contributed by atoms with van der Waals surface area (Å²) in [4.78, 5) is 39.0. The average Bonchev–Trinajstić information content (AvgIpc) is 2.76. The monoisotopic (exact) mass is 472 g/mol. The van der Waals surface area contributed by atoms with E-state index >= 15 is 4.39 Å². The van der Waals surface area contributed by atoms with Gasteiger partial charge in [0.2, 0.25) is 5.43 Å². The first-order valence-corrected chi connectivity index (χ1v) is 12.0. The van der Waals surface area contributed by atoms with E-state index in [9.17, 15) is 19.5 Å². The number of anilines is 1. The van der Waals surface area contributed by atoms with Crippen LogP contribution in [0.15, 0.2) is 17.1 Å². The van der Waals surface area contributed by atoms with Crippen LogP contribution in [0.1, 0.15) is 75.8 Å². The van der Waals surface area contributed by atoms with Gasteiger partial charge in [0.1, 0.15) is 17.5 Å². The van der Waals surface area contributed by atoms with Crippen molar-refractivity contribution < 1.29 is 23.8 Å². The number of piperidine rings is 1. The van der Waals surface area contributed by atoms with Crippen molar-refractivity contribution in [2.24, 2.45) is 11.3 Å². The topological polar surface area (TPSA) is 88.8 Å². The molecular formula is C26H33FN2O5. The van der Waals surface area contributed by atoms with Crippen LogP contribution in [0.25, 0.3) is 10.9 Å². The van der Waals surface area contributed by atoms with Crippen LogP contribution in [0.3, 0.4) is 0 Å². The molecule has 184 valence electrons. The van der Waals surface area contributed by atoms with Gasteiger partial charge in [0.25, 0.3) is 0 Å². The molecule has 2 unspecified atom stereocenters. The fourth-order valence-corrected chi connectivity index (χ4v) is 5.20. The van der Waals surface area contributed by atoms with E-state index < -0.39 is 22.6 Å². The van der Waals surface area contributed by atoms with Gasteiger partial charge in [-0.3, -0.25) is 9.59 Å². The molecular weight excluding hydrogens is 439 g/mol. The summed E-state index contributed by atoms with van der Waals surface area (Å²) in [5.74, 6) is -1.99. The van der Waals surface area contributed by atoms with E-state index in [1.54, 1.807) is 0 Å². The van der Waals surface area contributed by atoms with Crippen molar-refractivity contribution >= 4 is 28.5 Å². The highest BCUT2D eigenvalue weighted by Crippen LogP contribution is 2.40. The Hall–Kier alpha value is -2.90. The number of hydrogen-bond donors (Lipinski definition) is 1. The number of aromatic nitrogens is 1. The van der Waals surface area contributed by atoms with Crippen LogP contribution in [0, 0.1) is 17.2 Å². The second-order valence-electron chi connectivity index (χ2n) is 10.7. The second kappa shape index (κ2) is 8.71.